The van der Waals surface area contributed by atoms with Crippen molar-refractivity contribution in [1.82, 2.24) is 20.0 Å². The number of carbonyl (C=O) groups excluding carboxylic acids is 3. The zero-order valence-electron chi connectivity index (χ0n) is 18.9. The molecule has 1 aliphatic carbocycles. The highest BCUT2D eigenvalue weighted by atomic mass is 16.5. The van der Waals surface area contributed by atoms with Gasteiger partial charge in [-0.25, -0.2) is 9.59 Å². The highest BCUT2D eigenvalue weighted by Crippen LogP contribution is 2.33. The Bertz CT molecular complexity index is 897. The van der Waals surface area contributed by atoms with Gasteiger partial charge in [0.2, 0.25) is 5.91 Å². The first-order valence-electron chi connectivity index (χ1n) is 11.5. The van der Waals surface area contributed by atoms with Gasteiger partial charge in [-0.1, -0.05) is 30.3 Å². The maximum Gasteiger partial charge on any atom is 0.338 e. The van der Waals surface area contributed by atoms with Gasteiger partial charge < -0.3 is 15.0 Å². The normalized spacial score (nSPS) is 22.4. The number of likely N-dealkylation sites (N-methyl/N-ethyl adjacent to an activating group) is 1. The number of benzene rings is 1. The summed E-state index contributed by atoms with van der Waals surface area (Å²) in [6.07, 6.45) is 2.89. The van der Waals surface area contributed by atoms with E-state index in [1.807, 2.05) is 35.2 Å². The number of ether oxygens (including phenoxy) is 1. The third kappa shape index (κ3) is 4.80. The molecule has 0 aromatic heterocycles. The average Bonchev–Trinajstić information content (AvgIpc) is 3.65. The second-order valence-electron chi connectivity index (χ2n) is 8.66. The van der Waals surface area contributed by atoms with E-state index in [2.05, 4.69) is 10.2 Å². The Hall–Kier alpha value is -2.87. The van der Waals surface area contributed by atoms with E-state index in [1.54, 1.807) is 14.0 Å². The molecule has 1 N–H and O–H groups in total. The molecule has 1 aromatic carbocycles. The Morgan fingerprint density at radius 2 is 1.84 bits per heavy atom. The van der Waals surface area contributed by atoms with Crippen LogP contribution in [0, 0.1) is 5.92 Å². The fourth-order valence-electron chi connectivity index (χ4n) is 4.44. The summed E-state index contributed by atoms with van der Waals surface area (Å²) in [5, 5.41) is 2.95. The highest BCUT2D eigenvalue weighted by Gasteiger charge is 2.38. The topological polar surface area (TPSA) is 82.2 Å². The fourth-order valence-corrected chi connectivity index (χ4v) is 4.44. The number of nitrogens with zero attached hydrogens (tertiary/aromatic N) is 3. The fraction of sp³-hybridized carbons (Fsp3) is 0.542. The van der Waals surface area contributed by atoms with E-state index >= 15 is 0 Å². The summed E-state index contributed by atoms with van der Waals surface area (Å²) in [6, 6.07) is 8.68. The number of carbonyl (C=O) groups is 3. The van der Waals surface area contributed by atoms with Crippen LogP contribution in [0.1, 0.15) is 37.8 Å². The summed E-state index contributed by atoms with van der Waals surface area (Å²) < 4.78 is 5.40. The lowest BCUT2D eigenvalue weighted by molar-refractivity contribution is -0.139. The maximum absolute atomic E-state index is 13.0. The van der Waals surface area contributed by atoms with Gasteiger partial charge in [0.25, 0.3) is 0 Å². The van der Waals surface area contributed by atoms with Crippen LogP contribution in [0.3, 0.4) is 0 Å². The van der Waals surface area contributed by atoms with Crippen LogP contribution >= 0.6 is 0 Å². The van der Waals surface area contributed by atoms with Crippen molar-refractivity contribution < 1.29 is 19.1 Å². The van der Waals surface area contributed by atoms with Gasteiger partial charge in [0.05, 0.1) is 18.2 Å². The van der Waals surface area contributed by atoms with Gasteiger partial charge in [0.1, 0.15) is 0 Å². The SMILES string of the molecule is CCOC(=O)C1=C(CN2CCCN(C(=O)C3CC3)CC2)N(C)C(=O)NC1c1ccccc1. The van der Waals surface area contributed by atoms with E-state index in [9.17, 15) is 14.4 Å². The molecule has 172 valence electrons. The monoisotopic (exact) mass is 440 g/mol. The zero-order valence-corrected chi connectivity index (χ0v) is 18.9. The summed E-state index contributed by atoms with van der Waals surface area (Å²) in [7, 11) is 1.69. The molecule has 32 heavy (non-hydrogen) atoms. The summed E-state index contributed by atoms with van der Waals surface area (Å²) in [6.45, 7) is 5.45. The van der Waals surface area contributed by atoms with E-state index in [0.717, 1.165) is 37.9 Å². The van der Waals surface area contributed by atoms with E-state index < -0.39 is 12.0 Å². The van der Waals surface area contributed by atoms with Gasteiger partial charge in [-0.05, 0) is 31.7 Å². The smallest absolute Gasteiger partial charge is 0.338 e. The lowest BCUT2D eigenvalue weighted by Crippen LogP contribution is -2.49. The van der Waals surface area contributed by atoms with Gasteiger partial charge in [-0.3, -0.25) is 14.6 Å². The molecule has 4 rings (SSSR count). The third-order valence-corrected chi connectivity index (χ3v) is 6.41. The van der Waals surface area contributed by atoms with E-state index in [4.69, 9.17) is 4.74 Å². The second-order valence-corrected chi connectivity index (χ2v) is 8.66. The van der Waals surface area contributed by atoms with Crippen molar-refractivity contribution in [2.75, 3.05) is 46.4 Å². The number of hydrogen-bond acceptors (Lipinski definition) is 5. The van der Waals surface area contributed by atoms with Gasteiger partial charge in [0, 0.05) is 51.4 Å². The van der Waals surface area contributed by atoms with Crippen LogP contribution in [-0.4, -0.2) is 79.0 Å². The first-order valence-corrected chi connectivity index (χ1v) is 11.5. The predicted octanol–water partition coefficient (Wildman–Crippen LogP) is 2.14. The van der Waals surface area contributed by atoms with Crippen LogP contribution in [-0.2, 0) is 14.3 Å². The van der Waals surface area contributed by atoms with Crippen LogP contribution in [0.2, 0.25) is 0 Å². The molecule has 1 saturated carbocycles. The molecular weight excluding hydrogens is 408 g/mol. The third-order valence-electron chi connectivity index (χ3n) is 6.41. The van der Waals surface area contributed by atoms with Crippen molar-refractivity contribution in [3.63, 3.8) is 0 Å². The summed E-state index contributed by atoms with van der Waals surface area (Å²) in [4.78, 5) is 44.1. The molecule has 2 aliphatic heterocycles. The van der Waals surface area contributed by atoms with Crippen LogP contribution < -0.4 is 5.32 Å². The van der Waals surface area contributed by atoms with E-state index in [1.165, 1.54) is 4.90 Å². The Morgan fingerprint density at radius 3 is 2.53 bits per heavy atom. The summed E-state index contributed by atoms with van der Waals surface area (Å²) in [5.74, 6) is 0.0830. The minimum absolute atomic E-state index is 0.222. The number of hydrogen-bond donors (Lipinski definition) is 1. The molecule has 0 radical (unpaired) electrons. The maximum atomic E-state index is 13.0. The van der Waals surface area contributed by atoms with Crippen molar-refractivity contribution in [1.29, 1.82) is 0 Å². The van der Waals surface area contributed by atoms with Crippen LogP contribution in [0.15, 0.2) is 41.6 Å². The molecule has 0 spiro atoms. The quantitative estimate of drug-likeness (QED) is 0.686. The Morgan fingerprint density at radius 1 is 1.09 bits per heavy atom. The highest BCUT2D eigenvalue weighted by molar-refractivity contribution is 5.95. The standard InChI is InChI=1S/C24H32N4O4/c1-3-32-23(30)20-19(26(2)24(31)25-21(20)17-8-5-4-6-9-17)16-27-12-7-13-28(15-14-27)22(29)18-10-11-18/h4-6,8-9,18,21H,3,7,10-16H2,1-2H3,(H,25,31). The van der Waals surface area contributed by atoms with E-state index in [-0.39, 0.29) is 24.5 Å². The Balaban J connectivity index is 1.60. The lowest BCUT2D eigenvalue weighted by Gasteiger charge is -2.36. The zero-order chi connectivity index (χ0) is 22.7. The summed E-state index contributed by atoms with van der Waals surface area (Å²) >= 11 is 0. The first kappa shape index (κ1) is 22.3. The molecule has 2 fully saturated rings. The Labute approximate surface area is 189 Å². The number of urea groups is 1. The van der Waals surface area contributed by atoms with Crippen LogP contribution in [0.4, 0.5) is 4.79 Å². The number of rotatable bonds is 6. The van der Waals surface area contributed by atoms with Crippen molar-refractivity contribution in [3.05, 3.63) is 47.2 Å². The second kappa shape index (κ2) is 9.73. The molecule has 1 aromatic rings. The number of nitrogens with one attached hydrogen (secondary N) is 1. The van der Waals surface area contributed by atoms with E-state index in [0.29, 0.717) is 30.9 Å². The summed E-state index contributed by atoms with van der Waals surface area (Å²) in [5.41, 5.74) is 1.96. The minimum atomic E-state index is -0.561. The molecule has 1 saturated heterocycles. The molecular formula is C24H32N4O4. The Kier molecular flexibility index (Phi) is 6.79. The predicted molar refractivity (Wildman–Crippen MR) is 119 cm³/mol. The molecule has 1 atom stereocenters. The molecule has 1 unspecified atom stereocenters. The van der Waals surface area contributed by atoms with Gasteiger partial charge in [-0.2, -0.15) is 0 Å². The van der Waals surface area contributed by atoms with Crippen molar-refractivity contribution in [2.24, 2.45) is 5.92 Å². The first-order chi connectivity index (χ1) is 15.5. The number of amides is 3. The van der Waals surface area contributed by atoms with Gasteiger partial charge in [-0.15, -0.1) is 0 Å². The molecule has 3 amide bonds. The van der Waals surface area contributed by atoms with Crippen molar-refractivity contribution in [2.45, 2.75) is 32.2 Å². The molecule has 2 heterocycles. The van der Waals surface area contributed by atoms with Crippen molar-refractivity contribution in [3.8, 4) is 0 Å². The largest absolute Gasteiger partial charge is 0.463 e. The van der Waals surface area contributed by atoms with Gasteiger partial charge in [0.15, 0.2) is 0 Å². The molecule has 0 bridgehead atoms. The molecule has 8 nitrogen and oxygen atoms in total. The number of esters is 1. The minimum Gasteiger partial charge on any atom is -0.463 e. The van der Waals surface area contributed by atoms with Gasteiger partial charge >= 0.3 is 12.0 Å². The van der Waals surface area contributed by atoms with Crippen molar-refractivity contribution >= 4 is 17.9 Å². The van der Waals surface area contributed by atoms with Crippen LogP contribution in [0.25, 0.3) is 0 Å². The lowest BCUT2D eigenvalue weighted by atomic mass is 9.94. The van der Waals surface area contributed by atoms with Crippen LogP contribution in [0.5, 0.6) is 0 Å². The average molecular weight is 441 g/mol. The molecule has 8 heteroatoms. The molecule has 3 aliphatic rings.